The molecule has 24 heavy (non-hydrogen) atoms. The Morgan fingerprint density at radius 3 is 2.38 bits per heavy atom. The number of carbonyl (C=O) groups is 2. The van der Waals surface area contributed by atoms with Gasteiger partial charge in [0.1, 0.15) is 6.61 Å². The third-order valence-corrected chi connectivity index (χ3v) is 3.79. The molecule has 0 bridgehead atoms. The minimum absolute atomic E-state index is 0.192. The second-order valence-electron chi connectivity index (χ2n) is 5.62. The van der Waals surface area contributed by atoms with Crippen molar-refractivity contribution < 1.29 is 14.3 Å². The van der Waals surface area contributed by atoms with Gasteiger partial charge in [0.2, 0.25) is 0 Å². The molecule has 1 heterocycles. The third kappa shape index (κ3) is 3.04. The maximum atomic E-state index is 12.6. The van der Waals surface area contributed by atoms with Crippen LogP contribution in [0.2, 0.25) is 0 Å². The molecule has 0 aliphatic carbocycles. The second kappa shape index (κ2) is 6.62. The molecule has 120 valence electrons. The van der Waals surface area contributed by atoms with Crippen LogP contribution in [0.1, 0.15) is 22.8 Å². The lowest BCUT2D eigenvalue weighted by molar-refractivity contribution is -0.120. The molecular formula is C20H17NO3. The SMILES string of the molecule is CC(=O)COC(=O)c1c(C)c(-c2ccccc2)nc2ccccc12. The molecule has 0 saturated heterocycles. The third-order valence-electron chi connectivity index (χ3n) is 3.79. The summed E-state index contributed by atoms with van der Waals surface area (Å²) in [6.07, 6.45) is 0. The molecule has 4 nitrogen and oxygen atoms in total. The highest BCUT2D eigenvalue weighted by Crippen LogP contribution is 2.30. The van der Waals surface area contributed by atoms with Crippen LogP contribution in [-0.4, -0.2) is 23.3 Å². The van der Waals surface area contributed by atoms with E-state index in [1.807, 2.05) is 61.5 Å². The van der Waals surface area contributed by atoms with E-state index in [-0.39, 0.29) is 12.4 Å². The van der Waals surface area contributed by atoms with E-state index >= 15 is 0 Å². The number of Topliss-reactive ketones (excluding diaryl/α,β-unsaturated/α-hetero) is 1. The predicted octanol–water partition coefficient (Wildman–Crippen LogP) is 3.96. The normalized spacial score (nSPS) is 10.6. The van der Waals surface area contributed by atoms with Gasteiger partial charge < -0.3 is 4.74 Å². The van der Waals surface area contributed by atoms with E-state index in [0.717, 1.165) is 27.7 Å². The van der Waals surface area contributed by atoms with Crippen molar-refractivity contribution in [3.05, 3.63) is 65.7 Å². The monoisotopic (exact) mass is 319 g/mol. The van der Waals surface area contributed by atoms with Gasteiger partial charge in [0.25, 0.3) is 0 Å². The average Bonchev–Trinajstić information content (AvgIpc) is 2.60. The van der Waals surface area contributed by atoms with Crippen molar-refractivity contribution in [3.63, 3.8) is 0 Å². The molecule has 0 unspecified atom stereocenters. The van der Waals surface area contributed by atoms with Gasteiger partial charge in [-0.3, -0.25) is 4.79 Å². The first-order valence-electron chi connectivity index (χ1n) is 7.69. The molecule has 4 heteroatoms. The van der Waals surface area contributed by atoms with Crippen LogP contribution < -0.4 is 0 Å². The summed E-state index contributed by atoms with van der Waals surface area (Å²) in [5, 5.41) is 0.725. The van der Waals surface area contributed by atoms with Gasteiger partial charge in [-0.1, -0.05) is 48.5 Å². The lowest BCUT2D eigenvalue weighted by Gasteiger charge is -2.14. The number of rotatable bonds is 4. The van der Waals surface area contributed by atoms with Crippen molar-refractivity contribution in [1.29, 1.82) is 0 Å². The molecule has 1 aromatic heterocycles. The molecule has 3 rings (SSSR count). The minimum atomic E-state index is -0.501. The quantitative estimate of drug-likeness (QED) is 0.683. The molecule has 2 aromatic carbocycles. The van der Waals surface area contributed by atoms with E-state index in [4.69, 9.17) is 9.72 Å². The van der Waals surface area contributed by atoms with E-state index in [2.05, 4.69) is 0 Å². The Kier molecular flexibility index (Phi) is 4.38. The maximum Gasteiger partial charge on any atom is 0.339 e. The Morgan fingerprint density at radius 1 is 1.00 bits per heavy atom. The smallest absolute Gasteiger partial charge is 0.339 e. The van der Waals surface area contributed by atoms with Crippen molar-refractivity contribution in [3.8, 4) is 11.3 Å². The number of fused-ring (bicyclic) bond motifs is 1. The summed E-state index contributed by atoms with van der Waals surface area (Å²) in [6.45, 7) is 3.02. The molecule has 0 N–H and O–H groups in total. The summed E-state index contributed by atoms with van der Waals surface area (Å²) in [7, 11) is 0. The molecule has 0 aliphatic heterocycles. The molecule has 3 aromatic rings. The Hall–Kier alpha value is -3.01. The summed E-state index contributed by atoms with van der Waals surface area (Å²) in [4.78, 5) is 28.4. The number of ether oxygens (including phenoxy) is 1. The average molecular weight is 319 g/mol. The molecule has 0 amide bonds. The number of esters is 1. The van der Waals surface area contributed by atoms with Crippen LogP contribution in [0, 0.1) is 6.92 Å². The van der Waals surface area contributed by atoms with Crippen LogP contribution in [0.15, 0.2) is 54.6 Å². The number of para-hydroxylation sites is 1. The van der Waals surface area contributed by atoms with Crippen LogP contribution in [0.4, 0.5) is 0 Å². The first-order chi connectivity index (χ1) is 11.6. The Balaban J connectivity index is 2.20. The minimum Gasteiger partial charge on any atom is -0.454 e. The number of hydrogen-bond donors (Lipinski definition) is 0. The highest BCUT2D eigenvalue weighted by atomic mass is 16.5. The Labute approximate surface area is 140 Å². The predicted molar refractivity (Wildman–Crippen MR) is 92.9 cm³/mol. The fourth-order valence-electron chi connectivity index (χ4n) is 2.69. The summed E-state index contributed by atoms with van der Waals surface area (Å²) in [5.74, 6) is -0.693. The molecular weight excluding hydrogens is 302 g/mol. The molecule has 0 radical (unpaired) electrons. The number of benzene rings is 2. The van der Waals surface area contributed by atoms with Gasteiger partial charge in [0, 0.05) is 10.9 Å². The summed E-state index contributed by atoms with van der Waals surface area (Å²) in [5.41, 5.74) is 3.59. The number of aromatic nitrogens is 1. The Morgan fingerprint density at radius 2 is 1.67 bits per heavy atom. The highest BCUT2D eigenvalue weighted by Gasteiger charge is 2.20. The van der Waals surface area contributed by atoms with Gasteiger partial charge in [-0.15, -0.1) is 0 Å². The first kappa shape index (κ1) is 15.9. The van der Waals surface area contributed by atoms with E-state index in [1.54, 1.807) is 0 Å². The van der Waals surface area contributed by atoms with Crippen molar-refractivity contribution >= 4 is 22.7 Å². The highest BCUT2D eigenvalue weighted by molar-refractivity contribution is 6.06. The lowest BCUT2D eigenvalue weighted by atomic mass is 9.98. The van der Waals surface area contributed by atoms with Crippen LogP contribution in [0.5, 0.6) is 0 Å². The maximum absolute atomic E-state index is 12.6. The van der Waals surface area contributed by atoms with Gasteiger partial charge in [-0.2, -0.15) is 0 Å². The van der Waals surface area contributed by atoms with Crippen molar-refractivity contribution in [2.75, 3.05) is 6.61 Å². The number of hydrogen-bond acceptors (Lipinski definition) is 4. The van der Waals surface area contributed by atoms with E-state index in [0.29, 0.717) is 5.56 Å². The molecule has 0 atom stereocenters. The fraction of sp³-hybridized carbons (Fsp3) is 0.150. The van der Waals surface area contributed by atoms with Crippen LogP contribution in [0.3, 0.4) is 0 Å². The van der Waals surface area contributed by atoms with E-state index in [1.165, 1.54) is 6.92 Å². The molecule has 0 fully saturated rings. The summed E-state index contributed by atoms with van der Waals surface area (Å²) < 4.78 is 5.15. The van der Waals surface area contributed by atoms with Gasteiger partial charge in [0.05, 0.1) is 16.8 Å². The largest absolute Gasteiger partial charge is 0.454 e. The number of ketones is 1. The van der Waals surface area contributed by atoms with Crippen molar-refractivity contribution in [2.45, 2.75) is 13.8 Å². The van der Waals surface area contributed by atoms with E-state index < -0.39 is 5.97 Å². The van der Waals surface area contributed by atoms with Gasteiger partial charge in [-0.25, -0.2) is 9.78 Å². The van der Waals surface area contributed by atoms with Gasteiger partial charge in [-0.05, 0) is 25.5 Å². The zero-order chi connectivity index (χ0) is 17.1. The van der Waals surface area contributed by atoms with Crippen molar-refractivity contribution in [1.82, 2.24) is 4.98 Å². The standard InChI is InChI=1S/C20H17NO3/c1-13(22)12-24-20(23)18-14(2)19(15-8-4-3-5-9-15)21-17-11-7-6-10-16(17)18/h3-11H,12H2,1-2H3. The van der Waals surface area contributed by atoms with Crippen LogP contribution >= 0.6 is 0 Å². The molecule has 0 spiro atoms. The number of nitrogens with zero attached hydrogens (tertiary/aromatic N) is 1. The van der Waals surface area contributed by atoms with E-state index in [9.17, 15) is 9.59 Å². The molecule has 0 aliphatic rings. The van der Waals surface area contributed by atoms with Gasteiger partial charge >= 0.3 is 5.97 Å². The number of carbonyl (C=O) groups excluding carboxylic acids is 2. The first-order valence-corrected chi connectivity index (χ1v) is 7.69. The van der Waals surface area contributed by atoms with Gasteiger partial charge in [0.15, 0.2) is 5.78 Å². The fourth-order valence-corrected chi connectivity index (χ4v) is 2.69. The summed E-state index contributed by atoms with van der Waals surface area (Å²) >= 11 is 0. The molecule has 0 saturated carbocycles. The second-order valence-corrected chi connectivity index (χ2v) is 5.62. The topological polar surface area (TPSA) is 56.3 Å². The lowest BCUT2D eigenvalue weighted by Crippen LogP contribution is -2.14. The zero-order valence-electron chi connectivity index (χ0n) is 13.6. The summed E-state index contributed by atoms with van der Waals surface area (Å²) in [6, 6.07) is 17.1. The van der Waals surface area contributed by atoms with Crippen LogP contribution in [0.25, 0.3) is 22.2 Å². The van der Waals surface area contributed by atoms with Crippen molar-refractivity contribution in [2.24, 2.45) is 0 Å². The zero-order valence-corrected chi connectivity index (χ0v) is 13.6. The van der Waals surface area contributed by atoms with Crippen LogP contribution in [-0.2, 0) is 9.53 Å². The number of pyridine rings is 1. The Bertz CT molecular complexity index is 917.